The van der Waals surface area contributed by atoms with Crippen LogP contribution in [-0.2, 0) is 9.53 Å². The number of benzene rings is 2. The Morgan fingerprint density at radius 1 is 1.02 bits per heavy atom. The van der Waals surface area contributed by atoms with Crippen molar-refractivity contribution in [3.63, 3.8) is 0 Å². The molecule has 2 aromatic carbocycles. The summed E-state index contributed by atoms with van der Waals surface area (Å²) < 4.78 is 29.7. The number of fused-ring (bicyclic) bond motifs is 1. The van der Waals surface area contributed by atoms with Crippen molar-refractivity contribution in [2.24, 2.45) is 4.99 Å². The minimum Gasteiger partial charge on any atom is -0.493 e. The van der Waals surface area contributed by atoms with Crippen molar-refractivity contribution in [2.45, 2.75) is 33.2 Å². The van der Waals surface area contributed by atoms with E-state index in [1.807, 2.05) is 6.07 Å². The van der Waals surface area contributed by atoms with E-state index in [1.165, 1.54) is 37.2 Å². The molecule has 5 rings (SSSR count). The van der Waals surface area contributed by atoms with Crippen LogP contribution in [0.2, 0.25) is 0 Å². The van der Waals surface area contributed by atoms with Gasteiger partial charge in [0.15, 0.2) is 22.1 Å². The fourth-order valence-electron chi connectivity index (χ4n) is 5.17. The van der Waals surface area contributed by atoms with E-state index in [2.05, 4.69) is 4.99 Å². The SMILES string of the molecule is CCOC(=O)c1cccc(-c2ccc(/C=c3\sc4n(c3=O)C(c3cc(OC)c(OC)c(OC)c3)C(C(=O)CC)=C(C)N=4)o2)c1. The lowest BCUT2D eigenvalue weighted by atomic mass is 9.91. The first-order valence-electron chi connectivity index (χ1n) is 14.0. The molecule has 10 nitrogen and oxygen atoms in total. The molecule has 0 radical (unpaired) electrons. The predicted octanol–water partition coefficient (Wildman–Crippen LogP) is 4.68. The highest BCUT2D eigenvalue weighted by molar-refractivity contribution is 7.07. The van der Waals surface area contributed by atoms with Gasteiger partial charge in [0, 0.05) is 29.3 Å². The molecule has 0 amide bonds. The number of ketones is 1. The molecule has 1 unspecified atom stereocenters. The van der Waals surface area contributed by atoms with E-state index in [4.69, 9.17) is 23.4 Å². The summed E-state index contributed by atoms with van der Waals surface area (Å²) in [5.74, 6) is 1.62. The Kier molecular flexibility index (Phi) is 8.86. The smallest absolute Gasteiger partial charge is 0.338 e. The number of furan rings is 1. The van der Waals surface area contributed by atoms with Crippen LogP contribution in [0.25, 0.3) is 17.4 Å². The number of rotatable bonds is 10. The Balaban J connectivity index is 1.63. The van der Waals surface area contributed by atoms with Crippen molar-refractivity contribution >= 4 is 29.2 Å². The summed E-state index contributed by atoms with van der Waals surface area (Å²) in [4.78, 5) is 44.6. The number of Topliss-reactive ketones (excluding diaryl/α,β-unsaturated/α-hetero) is 1. The number of hydrogen-bond acceptors (Lipinski definition) is 10. The fraction of sp³-hybridized carbons (Fsp3) is 0.273. The molecular weight excluding hydrogens is 584 g/mol. The number of methoxy groups -OCH3 is 3. The summed E-state index contributed by atoms with van der Waals surface area (Å²) in [6, 6.07) is 13.2. The predicted molar refractivity (Wildman–Crippen MR) is 165 cm³/mol. The minimum atomic E-state index is -0.771. The highest BCUT2D eigenvalue weighted by atomic mass is 32.1. The van der Waals surface area contributed by atoms with Crippen LogP contribution in [0, 0.1) is 0 Å². The number of allylic oxidation sites excluding steroid dienone is 2. The van der Waals surface area contributed by atoms with Gasteiger partial charge in [0.25, 0.3) is 5.56 Å². The van der Waals surface area contributed by atoms with Crippen LogP contribution in [0.3, 0.4) is 0 Å². The van der Waals surface area contributed by atoms with Crippen molar-refractivity contribution in [1.29, 1.82) is 0 Å². The van der Waals surface area contributed by atoms with Gasteiger partial charge in [-0.2, -0.15) is 0 Å². The second-order valence-electron chi connectivity index (χ2n) is 9.82. The monoisotopic (exact) mass is 616 g/mol. The normalized spacial score (nSPS) is 14.6. The largest absolute Gasteiger partial charge is 0.493 e. The molecule has 4 aromatic rings. The van der Waals surface area contributed by atoms with Gasteiger partial charge in [0.1, 0.15) is 11.5 Å². The second kappa shape index (κ2) is 12.8. The quantitative estimate of drug-likeness (QED) is 0.236. The molecule has 0 saturated carbocycles. The Hall–Kier alpha value is -4.90. The molecule has 44 heavy (non-hydrogen) atoms. The van der Waals surface area contributed by atoms with E-state index in [0.717, 1.165) is 0 Å². The minimum absolute atomic E-state index is 0.125. The van der Waals surface area contributed by atoms with Gasteiger partial charge in [-0.1, -0.05) is 30.4 Å². The van der Waals surface area contributed by atoms with Crippen molar-refractivity contribution in [1.82, 2.24) is 4.57 Å². The van der Waals surface area contributed by atoms with Gasteiger partial charge in [-0.15, -0.1) is 0 Å². The number of carbonyl (C=O) groups excluding carboxylic acids is 2. The number of esters is 1. The van der Waals surface area contributed by atoms with Gasteiger partial charge in [0.05, 0.1) is 44.1 Å². The Bertz CT molecular complexity index is 1940. The third-order valence-electron chi connectivity index (χ3n) is 7.20. The average molecular weight is 617 g/mol. The molecule has 0 bridgehead atoms. The summed E-state index contributed by atoms with van der Waals surface area (Å²) >= 11 is 1.20. The van der Waals surface area contributed by atoms with Crippen LogP contribution in [-0.4, -0.2) is 44.3 Å². The zero-order valence-electron chi connectivity index (χ0n) is 25.3. The molecule has 0 aliphatic carbocycles. The maximum atomic E-state index is 14.0. The number of carbonyl (C=O) groups is 2. The van der Waals surface area contributed by atoms with E-state index in [1.54, 1.807) is 69.3 Å². The van der Waals surface area contributed by atoms with Crippen LogP contribution in [0.15, 0.2) is 74.0 Å². The van der Waals surface area contributed by atoms with Crippen LogP contribution < -0.4 is 29.1 Å². The Labute approximate surface area is 257 Å². The number of ether oxygens (including phenoxy) is 4. The summed E-state index contributed by atoms with van der Waals surface area (Å²) in [5.41, 5.74) is 2.34. The van der Waals surface area contributed by atoms with Gasteiger partial charge >= 0.3 is 5.97 Å². The second-order valence-corrected chi connectivity index (χ2v) is 10.8. The lowest BCUT2D eigenvalue weighted by Crippen LogP contribution is -2.39. The van der Waals surface area contributed by atoms with Crippen LogP contribution >= 0.6 is 11.3 Å². The molecular formula is C33H32N2O8S. The van der Waals surface area contributed by atoms with E-state index in [9.17, 15) is 14.4 Å². The highest BCUT2D eigenvalue weighted by Gasteiger charge is 2.33. The summed E-state index contributed by atoms with van der Waals surface area (Å²) in [7, 11) is 4.53. The Morgan fingerprint density at radius 3 is 2.39 bits per heavy atom. The van der Waals surface area contributed by atoms with E-state index in [-0.39, 0.29) is 24.4 Å². The standard InChI is InChI=1S/C33H32N2O8S/c1-7-23(36)28-18(3)34-33-35(29(28)21-15-25(39-4)30(41-6)26(16-21)40-5)31(37)27(44-33)17-22-12-13-24(43-22)19-10-9-11-20(14-19)32(38)42-8-2/h9-17,29H,7-8H2,1-6H3/b27-17-. The third kappa shape index (κ3) is 5.58. The average Bonchev–Trinajstić information content (AvgIpc) is 3.63. The third-order valence-corrected chi connectivity index (χ3v) is 8.19. The molecule has 0 N–H and O–H groups in total. The van der Waals surface area contributed by atoms with Crippen molar-refractivity contribution in [3.05, 3.63) is 96.4 Å². The van der Waals surface area contributed by atoms with Crippen molar-refractivity contribution in [3.8, 4) is 28.6 Å². The number of thiazole rings is 1. The molecule has 228 valence electrons. The van der Waals surface area contributed by atoms with Gasteiger partial charge < -0.3 is 23.4 Å². The van der Waals surface area contributed by atoms with E-state index >= 15 is 0 Å². The van der Waals surface area contributed by atoms with Crippen molar-refractivity contribution in [2.75, 3.05) is 27.9 Å². The van der Waals surface area contributed by atoms with Gasteiger partial charge in [0.2, 0.25) is 5.75 Å². The van der Waals surface area contributed by atoms with E-state index in [0.29, 0.717) is 66.1 Å². The zero-order valence-corrected chi connectivity index (χ0v) is 26.1. The maximum Gasteiger partial charge on any atom is 0.338 e. The maximum absolute atomic E-state index is 14.0. The topological polar surface area (TPSA) is 119 Å². The summed E-state index contributed by atoms with van der Waals surface area (Å²) in [6.07, 6.45) is 1.89. The van der Waals surface area contributed by atoms with Crippen LogP contribution in [0.1, 0.15) is 54.9 Å². The van der Waals surface area contributed by atoms with Gasteiger partial charge in [-0.05, 0) is 55.8 Å². The zero-order chi connectivity index (χ0) is 31.5. The fourth-order valence-corrected chi connectivity index (χ4v) is 6.20. The molecule has 3 heterocycles. The molecule has 1 aliphatic heterocycles. The summed E-state index contributed by atoms with van der Waals surface area (Å²) in [6.45, 7) is 5.57. The molecule has 1 atom stereocenters. The summed E-state index contributed by atoms with van der Waals surface area (Å²) in [5, 5.41) is 0. The molecule has 11 heteroatoms. The molecule has 2 aromatic heterocycles. The van der Waals surface area contributed by atoms with Crippen molar-refractivity contribution < 1.29 is 33.0 Å². The van der Waals surface area contributed by atoms with Gasteiger partial charge in [-0.3, -0.25) is 14.2 Å². The number of hydrogen-bond donors (Lipinski definition) is 0. The van der Waals surface area contributed by atoms with Crippen LogP contribution in [0.5, 0.6) is 17.2 Å². The molecule has 0 fully saturated rings. The van der Waals surface area contributed by atoms with E-state index < -0.39 is 12.0 Å². The Morgan fingerprint density at radius 2 is 1.75 bits per heavy atom. The first kappa shape index (κ1) is 30.6. The lowest BCUT2D eigenvalue weighted by Gasteiger charge is -2.26. The molecule has 0 spiro atoms. The number of nitrogens with zero attached hydrogens (tertiary/aromatic N) is 2. The highest BCUT2D eigenvalue weighted by Crippen LogP contribution is 2.42. The first-order chi connectivity index (χ1) is 21.2. The van der Waals surface area contributed by atoms with Gasteiger partial charge in [-0.25, -0.2) is 9.79 Å². The molecule has 0 saturated heterocycles. The number of aromatic nitrogens is 1. The van der Waals surface area contributed by atoms with Crippen LogP contribution in [0.4, 0.5) is 0 Å². The lowest BCUT2D eigenvalue weighted by molar-refractivity contribution is -0.115. The molecule has 1 aliphatic rings. The first-order valence-corrected chi connectivity index (χ1v) is 14.8.